The van der Waals surface area contributed by atoms with Crippen molar-refractivity contribution in [2.24, 2.45) is 0 Å². The third-order valence-corrected chi connectivity index (χ3v) is 3.05. The molecule has 3 amide bonds. The Hall–Kier alpha value is -1.24. The summed E-state index contributed by atoms with van der Waals surface area (Å²) < 4.78 is 6.21. The number of carbonyl (C=O) groups is 3. The van der Waals surface area contributed by atoms with Gasteiger partial charge in [-0.05, 0) is 32.7 Å². The maximum atomic E-state index is 11.3. The van der Waals surface area contributed by atoms with E-state index < -0.39 is 11.7 Å². The first-order valence-corrected chi connectivity index (χ1v) is 6.69. The summed E-state index contributed by atoms with van der Waals surface area (Å²) in [4.78, 5) is 33.8. The van der Waals surface area contributed by atoms with E-state index in [1.54, 1.807) is 20.8 Å². The molecule has 0 spiro atoms. The van der Waals surface area contributed by atoms with Gasteiger partial charge >= 0.3 is 6.09 Å². The standard InChI is InChI=1S/C11H18N2O4S/c1-11(2,3)17-10(16)12-6-7-18-13-8(14)4-5-9(13)15/h4-7H2,1-3H3,(H,12,16). The summed E-state index contributed by atoms with van der Waals surface area (Å²) in [6.45, 7) is 5.69. The van der Waals surface area contributed by atoms with Crippen molar-refractivity contribution in [2.75, 3.05) is 12.3 Å². The molecule has 0 aliphatic carbocycles. The molecule has 0 unspecified atom stereocenters. The van der Waals surface area contributed by atoms with E-state index in [1.165, 1.54) is 0 Å². The van der Waals surface area contributed by atoms with Crippen LogP contribution in [0.4, 0.5) is 4.79 Å². The normalized spacial score (nSPS) is 16.1. The Bertz CT molecular complexity index is 335. The maximum Gasteiger partial charge on any atom is 0.407 e. The van der Waals surface area contributed by atoms with Gasteiger partial charge in [0, 0.05) is 25.1 Å². The lowest BCUT2D eigenvalue weighted by atomic mass is 10.2. The van der Waals surface area contributed by atoms with Crippen LogP contribution in [-0.4, -0.2) is 40.1 Å². The van der Waals surface area contributed by atoms with Gasteiger partial charge in [0.2, 0.25) is 11.8 Å². The summed E-state index contributed by atoms with van der Waals surface area (Å²) in [6.07, 6.45) is 0.0681. The fourth-order valence-corrected chi connectivity index (χ4v) is 2.15. The molecule has 0 bridgehead atoms. The maximum absolute atomic E-state index is 11.3. The van der Waals surface area contributed by atoms with Crippen LogP contribution in [0, 0.1) is 0 Å². The Morgan fingerprint density at radius 3 is 2.39 bits per heavy atom. The number of nitrogens with zero attached hydrogens (tertiary/aromatic N) is 1. The van der Waals surface area contributed by atoms with E-state index in [2.05, 4.69) is 5.32 Å². The van der Waals surface area contributed by atoms with Crippen molar-refractivity contribution < 1.29 is 19.1 Å². The largest absolute Gasteiger partial charge is 0.444 e. The van der Waals surface area contributed by atoms with Crippen LogP contribution >= 0.6 is 11.9 Å². The summed E-state index contributed by atoms with van der Waals surface area (Å²) in [5, 5.41) is 2.56. The molecule has 18 heavy (non-hydrogen) atoms. The molecule has 1 heterocycles. The van der Waals surface area contributed by atoms with Gasteiger partial charge in [-0.1, -0.05) is 0 Å². The molecule has 0 aromatic heterocycles. The van der Waals surface area contributed by atoms with Gasteiger partial charge in [0.15, 0.2) is 0 Å². The van der Waals surface area contributed by atoms with Crippen LogP contribution < -0.4 is 5.32 Å². The molecule has 1 fully saturated rings. The van der Waals surface area contributed by atoms with Crippen LogP contribution in [0.3, 0.4) is 0 Å². The molecule has 1 aliphatic rings. The third-order valence-electron chi connectivity index (χ3n) is 2.00. The Morgan fingerprint density at radius 2 is 1.89 bits per heavy atom. The van der Waals surface area contributed by atoms with Crippen molar-refractivity contribution >= 4 is 29.9 Å². The Morgan fingerprint density at radius 1 is 1.33 bits per heavy atom. The number of alkyl carbamates (subject to hydrolysis) is 1. The molecular formula is C11H18N2O4S. The monoisotopic (exact) mass is 274 g/mol. The SMILES string of the molecule is CC(C)(C)OC(=O)NCCSN1C(=O)CCC1=O. The van der Waals surface area contributed by atoms with E-state index >= 15 is 0 Å². The van der Waals surface area contributed by atoms with Gasteiger partial charge in [0.05, 0.1) is 0 Å². The van der Waals surface area contributed by atoms with Crippen molar-refractivity contribution in [3.63, 3.8) is 0 Å². The number of rotatable bonds is 4. The van der Waals surface area contributed by atoms with E-state index in [9.17, 15) is 14.4 Å². The lowest BCUT2D eigenvalue weighted by molar-refractivity contribution is -0.131. The van der Waals surface area contributed by atoms with Crippen LogP contribution in [0.2, 0.25) is 0 Å². The minimum absolute atomic E-state index is 0.165. The molecule has 1 saturated heterocycles. The average Bonchev–Trinajstić information content (AvgIpc) is 2.52. The number of amides is 3. The highest BCUT2D eigenvalue weighted by Gasteiger charge is 2.29. The number of hydrogen-bond donors (Lipinski definition) is 1. The molecule has 0 aromatic rings. The van der Waals surface area contributed by atoms with Crippen molar-refractivity contribution in [3.05, 3.63) is 0 Å². The zero-order valence-electron chi connectivity index (χ0n) is 10.8. The average molecular weight is 274 g/mol. The summed E-state index contributed by atoms with van der Waals surface area (Å²) in [5.74, 6) is 0.126. The highest BCUT2D eigenvalue weighted by Crippen LogP contribution is 2.20. The highest BCUT2D eigenvalue weighted by atomic mass is 32.2. The van der Waals surface area contributed by atoms with Crippen LogP contribution in [0.15, 0.2) is 0 Å². The van der Waals surface area contributed by atoms with Gasteiger partial charge in [-0.25, -0.2) is 9.10 Å². The summed E-state index contributed by atoms with van der Waals surface area (Å²) in [5.41, 5.74) is -0.530. The van der Waals surface area contributed by atoms with Gasteiger partial charge in [-0.3, -0.25) is 9.59 Å². The second-order valence-electron chi connectivity index (χ2n) is 4.84. The molecule has 0 radical (unpaired) electrons. The zero-order chi connectivity index (χ0) is 13.8. The van der Waals surface area contributed by atoms with E-state index in [0.29, 0.717) is 12.3 Å². The number of nitrogens with one attached hydrogen (secondary N) is 1. The van der Waals surface area contributed by atoms with Crippen molar-refractivity contribution in [2.45, 2.75) is 39.2 Å². The second-order valence-corrected chi connectivity index (χ2v) is 5.88. The quantitative estimate of drug-likeness (QED) is 0.475. The van der Waals surface area contributed by atoms with Crippen molar-refractivity contribution in [1.29, 1.82) is 0 Å². The molecule has 1 aliphatic heterocycles. The molecule has 102 valence electrons. The first-order valence-electron chi connectivity index (χ1n) is 5.75. The van der Waals surface area contributed by atoms with E-state index in [-0.39, 0.29) is 24.7 Å². The van der Waals surface area contributed by atoms with Gasteiger partial charge in [0.1, 0.15) is 5.60 Å². The minimum Gasteiger partial charge on any atom is -0.444 e. The van der Waals surface area contributed by atoms with Crippen molar-refractivity contribution in [3.8, 4) is 0 Å². The van der Waals surface area contributed by atoms with Gasteiger partial charge in [0.25, 0.3) is 0 Å². The number of ether oxygens (including phenoxy) is 1. The van der Waals surface area contributed by atoms with Crippen LogP contribution in [-0.2, 0) is 14.3 Å². The topological polar surface area (TPSA) is 75.7 Å². The fraction of sp³-hybridized carbons (Fsp3) is 0.727. The van der Waals surface area contributed by atoms with Gasteiger partial charge < -0.3 is 10.1 Å². The summed E-state index contributed by atoms with van der Waals surface area (Å²) >= 11 is 1.12. The van der Waals surface area contributed by atoms with E-state index in [0.717, 1.165) is 16.3 Å². The van der Waals surface area contributed by atoms with Crippen LogP contribution in [0.1, 0.15) is 33.6 Å². The van der Waals surface area contributed by atoms with Gasteiger partial charge in [-0.15, -0.1) is 0 Å². The van der Waals surface area contributed by atoms with Crippen LogP contribution in [0.25, 0.3) is 0 Å². The third kappa shape index (κ3) is 4.95. The number of carbonyl (C=O) groups excluding carboxylic acids is 3. The molecular weight excluding hydrogens is 256 g/mol. The van der Waals surface area contributed by atoms with Gasteiger partial charge in [-0.2, -0.15) is 0 Å². The lowest BCUT2D eigenvalue weighted by Gasteiger charge is -2.19. The Kier molecular flexibility index (Phi) is 5.01. The van der Waals surface area contributed by atoms with E-state index in [1.807, 2.05) is 0 Å². The predicted octanol–water partition coefficient (Wildman–Crippen LogP) is 1.31. The molecule has 6 nitrogen and oxygen atoms in total. The minimum atomic E-state index is -0.530. The fourth-order valence-electron chi connectivity index (χ4n) is 1.30. The molecule has 1 rings (SSSR count). The van der Waals surface area contributed by atoms with Crippen molar-refractivity contribution in [1.82, 2.24) is 9.62 Å². The first kappa shape index (κ1) is 14.8. The molecule has 0 aromatic carbocycles. The zero-order valence-corrected chi connectivity index (χ0v) is 11.6. The summed E-state index contributed by atoms with van der Waals surface area (Å²) in [7, 11) is 0. The first-order chi connectivity index (χ1) is 8.29. The number of imide groups is 1. The summed E-state index contributed by atoms with van der Waals surface area (Å²) in [6, 6.07) is 0. The Balaban J connectivity index is 2.17. The molecule has 1 N–H and O–H groups in total. The molecule has 7 heteroatoms. The smallest absolute Gasteiger partial charge is 0.407 e. The second kappa shape index (κ2) is 6.08. The predicted molar refractivity (Wildman–Crippen MR) is 67.8 cm³/mol. The number of hydrogen-bond acceptors (Lipinski definition) is 5. The van der Waals surface area contributed by atoms with E-state index in [4.69, 9.17) is 4.74 Å². The molecule has 0 atom stereocenters. The highest BCUT2D eigenvalue weighted by molar-refractivity contribution is 7.98. The lowest BCUT2D eigenvalue weighted by Crippen LogP contribution is -2.34. The van der Waals surface area contributed by atoms with Crippen LogP contribution in [0.5, 0.6) is 0 Å². The Labute approximate surface area is 111 Å². The molecule has 0 saturated carbocycles.